The number of carbonyl (C=O) groups excluding carboxylic acids is 1. The first-order valence-electron chi connectivity index (χ1n) is 7.19. The van der Waals surface area contributed by atoms with Gasteiger partial charge in [0, 0.05) is 22.7 Å². The second-order valence-corrected chi connectivity index (χ2v) is 5.19. The molecule has 0 atom stereocenters. The fourth-order valence-electron chi connectivity index (χ4n) is 2.40. The van der Waals surface area contributed by atoms with Crippen molar-refractivity contribution in [2.75, 3.05) is 0 Å². The van der Waals surface area contributed by atoms with Crippen molar-refractivity contribution in [3.05, 3.63) is 77.5 Å². The fraction of sp³-hybridized carbons (Fsp3) is 0.105. The van der Waals surface area contributed by atoms with Gasteiger partial charge >= 0.3 is 5.97 Å². The topological polar surface area (TPSA) is 42.1 Å². The lowest BCUT2D eigenvalue weighted by atomic mass is 10.1. The van der Waals surface area contributed by atoms with E-state index in [-0.39, 0.29) is 12.6 Å². The number of ether oxygens (including phenoxy) is 1. The number of aromatic amines is 1. The summed E-state index contributed by atoms with van der Waals surface area (Å²) in [5, 5.41) is 1.10. The van der Waals surface area contributed by atoms with Crippen LogP contribution in [0.4, 0.5) is 0 Å². The number of hydrogen-bond acceptors (Lipinski definition) is 2. The molecule has 0 saturated carbocycles. The van der Waals surface area contributed by atoms with E-state index in [0.717, 1.165) is 27.7 Å². The van der Waals surface area contributed by atoms with Crippen molar-refractivity contribution in [3.8, 4) is 0 Å². The monoisotopic (exact) mass is 291 g/mol. The third-order valence-corrected chi connectivity index (χ3v) is 3.46. The second-order valence-electron chi connectivity index (χ2n) is 5.19. The van der Waals surface area contributed by atoms with Gasteiger partial charge in [-0.05, 0) is 36.3 Å². The summed E-state index contributed by atoms with van der Waals surface area (Å²) < 4.78 is 5.23. The minimum Gasteiger partial charge on any atom is -0.458 e. The zero-order chi connectivity index (χ0) is 15.4. The maximum absolute atomic E-state index is 11.8. The van der Waals surface area contributed by atoms with Gasteiger partial charge < -0.3 is 9.72 Å². The van der Waals surface area contributed by atoms with E-state index in [0.29, 0.717) is 0 Å². The highest BCUT2D eigenvalue weighted by Gasteiger charge is 2.02. The first-order chi connectivity index (χ1) is 10.7. The number of carbonyl (C=O) groups is 1. The molecule has 3 nitrogen and oxygen atoms in total. The SMILES string of the molecule is Cc1cc2c(C=CC(=O)OCc3ccccc3)cccc2[nH]1. The van der Waals surface area contributed by atoms with E-state index in [1.807, 2.05) is 55.5 Å². The van der Waals surface area contributed by atoms with Crippen LogP contribution >= 0.6 is 0 Å². The Morgan fingerprint density at radius 2 is 1.95 bits per heavy atom. The highest BCUT2D eigenvalue weighted by Crippen LogP contribution is 2.20. The van der Waals surface area contributed by atoms with Crippen LogP contribution in [0.15, 0.2) is 60.7 Å². The van der Waals surface area contributed by atoms with Gasteiger partial charge in [0.2, 0.25) is 0 Å². The van der Waals surface area contributed by atoms with E-state index in [1.165, 1.54) is 6.08 Å². The third kappa shape index (κ3) is 3.26. The van der Waals surface area contributed by atoms with Crippen molar-refractivity contribution in [3.63, 3.8) is 0 Å². The van der Waals surface area contributed by atoms with Crippen molar-refractivity contribution in [1.82, 2.24) is 4.98 Å². The molecule has 1 N–H and O–H groups in total. The zero-order valence-corrected chi connectivity index (χ0v) is 12.4. The minimum absolute atomic E-state index is 0.289. The normalized spacial score (nSPS) is 11.1. The van der Waals surface area contributed by atoms with E-state index in [4.69, 9.17) is 4.74 Å². The lowest BCUT2D eigenvalue weighted by molar-refractivity contribution is -0.138. The summed E-state index contributed by atoms with van der Waals surface area (Å²) in [4.78, 5) is 15.1. The molecule has 0 saturated heterocycles. The number of H-pyrrole nitrogens is 1. The Balaban J connectivity index is 1.68. The predicted molar refractivity (Wildman–Crippen MR) is 88.3 cm³/mol. The Morgan fingerprint density at radius 1 is 1.14 bits per heavy atom. The molecule has 0 unspecified atom stereocenters. The van der Waals surface area contributed by atoms with Crippen molar-refractivity contribution >= 4 is 22.9 Å². The van der Waals surface area contributed by atoms with Gasteiger partial charge in [-0.3, -0.25) is 0 Å². The third-order valence-electron chi connectivity index (χ3n) is 3.46. The lowest BCUT2D eigenvalue weighted by Crippen LogP contribution is -2.00. The van der Waals surface area contributed by atoms with Gasteiger partial charge in [0.15, 0.2) is 0 Å². The van der Waals surface area contributed by atoms with Crippen LogP contribution in [-0.4, -0.2) is 11.0 Å². The maximum atomic E-state index is 11.8. The number of benzene rings is 2. The Labute approximate surface area is 129 Å². The molecule has 0 spiro atoms. The standard InChI is InChI=1S/C19H17NO2/c1-14-12-17-16(8-5-9-18(17)20-14)10-11-19(21)22-13-15-6-3-2-4-7-15/h2-12,20H,13H2,1H3. The van der Waals surface area contributed by atoms with E-state index >= 15 is 0 Å². The molecule has 22 heavy (non-hydrogen) atoms. The molecule has 3 aromatic rings. The molecular weight excluding hydrogens is 274 g/mol. The van der Waals surface area contributed by atoms with Gasteiger partial charge in [-0.15, -0.1) is 0 Å². The van der Waals surface area contributed by atoms with E-state index in [2.05, 4.69) is 11.1 Å². The number of hydrogen-bond donors (Lipinski definition) is 1. The van der Waals surface area contributed by atoms with Crippen LogP contribution in [0.3, 0.4) is 0 Å². The molecule has 0 aliphatic heterocycles. The van der Waals surface area contributed by atoms with Crippen LogP contribution in [0.25, 0.3) is 17.0 Å². The van der Waals surface area contributed by atoms with E-state index in [1.54, 1.807) is 6.08 Å². The molecular formula is C19H17NO2. The van der Waals surface area contributed by atoms with Crippen LogP contribution < -0.4 is 0 Å². The minimum atomic E-state index is -0.340. The van der Waals surface area contributed by atoms with E-state index < -0.39 is 0 Å². The predicted octanol–water partition coefficient (Wildman–Crippen LogP) is 4.23. The Kier molecular flexibility index (Phi) is 4.05. The average molecular weight is 291 g/mol. The van der Waals surface area contributed by atoms with Crippen LogP contribution in [0.2, 0.25) is 0 Å². The second kappa shape index (κ2) is 6.31. The van der Waals surface area contributed by atoms with Gasteiger partial charge in [-0.25, -0.2) is 4.79 Å². The molecule has 3 rings (SSSR count). The van der Waals surface area contributed by atoms with Crippen LogP contribution in [0.5, 0.6) is 0 Å². The first kappa shape index (κ1) is 14.1. The Bertz CT molecular complexity index is 816. The summed E-state index contributed by atoms with van der Waals surface area (Å²) in [6.45, 7) is 2.30. The molecule has 0 amide bonds. The summed E-state index contributed by atoms with van der Waals surface area (Å²) >= 11 is 0. The summed E-state index contributed by atoms with van der Waals surface area (Å²) in [6.07, 6.45) is 3.27. The molecule has 0 aliphatic carbocycles. The van der Waals surface area contributed by atoms with Crippen LogP contribution in [0.1, 0.15) is 16.8 Å². The van der Waals surface area contributed by atoms with Crippen molar-refractivity contribution in [1.29, 1.82) is 0 Å². The fourth-order valence-corrected chi connectivity index (χ4v) is 2.40. The Hall–Kier alpha value is -2.81. The highest BCUT2D eigenvalue weighted by atomic mass is 16.5. The molecule has 2 aromatic carbocycles. The lowest BCUT2D eigenvalue weighted by Gasteiger charge is -2.01. The summed E-state index contributed by atoms with van der Waals surface area (Å²) in [7, 11) is 0. The first-order valence-corrected chi connectivity index (χ1v) is 7.19. The molecule has 110 valence electrons. The molecule has 0 aliphatic rings. The average Bonchev–Trinajstić information content (AvgIpc) is 2.92. The van der Waals surface area contributed by atoms with Crippen LogP contribution in [0, 0.1) is 6.92 Å². The molecule has 1 heterocycles. The summed E-state index contributed by atoms with van der Waals surface area (Å²) in [5.41, 5.74) is 4.14. The molecule has 0 fully saturated rings. The van der Waals surface area contributed by atoms with Gasteiger partial charge in [-0.1, -0.05) is 42.5 Å². The van der Waals surface area contributed by atoms with Crippen molar-refractivity contribution in [2.24, 2.45) is 0 Å². The number of nitrogens with one attached hydrogen (secondary N) is 1. The highest BCUT2D eigenvalue weighted by molar-refractivity contribution is 5.94. The molecule has 0 radical (unpaired) electrons. The zero-order valence-electron chi connectivity index (χ0n) is 12.4. The molecule has 3 heteroatoms. The van der Waals surface area contributed by atoms with Gasteiger partial charge in [0.05, 0.1) is 0 Å². The number of rotatable bonds is 4. The molecule has 1 aromatic heterocycles. The number of fused-ring (bicyclic) bond motifs is 1. The van der Waals surface area contributed by atoms with Gasteiger partial charge in [0.25, 0.3) is 0 Å². The van der Waals surface area contributed by atoms with Crippen molar-refractivity contribution in [2.45, 2.75) is 13.5 Å². The number of aromatic nitrogens is 1. The van der Waals surface area contributed by atoms with Crippen LogP contribution in [-0.2, 0) is 16.1 Å². The number of aryl methyl sites for hydroxylation is 1. The summed E-state index contributed by atoms with van der Waals surface area (Å²) in [6, 6.07) is 17.7. The largest absolute Gasteiger partial charge is 0.458 e. The van der Waals surface area contributed by atoms with Gasteiger partial charge in [0.1, 0.15) is 6.61 Å². The van der Waals surface area contributed by atoms with Crippen molar-refractivity contribution < 1.29 is 9.53 Å². The molecule has 0 bridgehead atoms. The smallest absolute Gasteiger partial charge is 0.331 e. The van der Waals surface area contributed by atoms with E-state index in [9.17, 15) is 4.79 Å². The van der Waals surface area contributed by atoms with Gasteiger partial charge in [-0.2, -0.15) is 0 Å². The number of esters is 1. The summed E-state index contributed by atoms with van der Waals surface area (Å²) in [5.74, 6) is -0.340. The Morgan fingerprint density at radius 3 is 2.77 bits per heavy atom. The maximum Gasteiger partial charge on any atom is 0.331 e. The quantitative estimate of drug-likeness (QED) is 0.577.